The highest BCUT2D eigenvalue weighted by atomic mass is 32.1. The number of nitrogens with one attached hydrogen (secondary N) is 1. The van der Waals surface area contributed by atoms with E-state index in [2.05, 4.69) is 15.3 Å². The van der Waals surface area contributed by atoms with E-state index in [0.29, 0.717) is 0 Å². The van der Waals surface area contributed by atoms with Gasteiger partial charge in [-0.1, -0.05) is 0 Å². The molecule has 2 heterocycles. The average molecular weight is 262 g/mol. The van der Waals surface area contributed by atoms with Crippen LogP contribution in [0.1, 0.15) is 21.2 Å². The van der Waals surface area contributed by atoms with Gasteiger partial charge in [0.15, 0.2) is 0 Å². The second-order valence-corrected chi connectivity index (χ2v) is 4.80. The third kappa shape index (κ3) is 3.27. The number of carbonyl (C=O) groups excluding carboxylic acids is 1. The van der Waals surface area contributed by atoms with Gasteiger partial charge in [0, 0.05) is 35.9 Å². The minimum Gasteiger partial charge on any atom is -0.385 e. The number of aromatic nitrogens is 2. The maximum Gasteiger partial charge on any atom is 0.267 e. The summed E-state index contributed by atoms with van der Waals surface area (Å²) in [5.41, 5.74) is 7.33. The fraction of sp³-hybridized carbons (Fsp3) is 0.250. The van der Waals surface area contributed by atoms with Gasteiger partial charge >= 0.3 is 0 Å². The molecule has 3 N–H and O–H groups in total. The summed E-state index contributed by atoms with van der Waals surface area (Å²) in [7, 11) is 0. The van der Waals surface area contributed by atoms with Crippen molar-refractivity contribution >= 4 is 22.9 Å². The molecule has 0 saturated carbocycles. The first-order valence-electron chi connectivity index (χ1n) is 5.56. The number of anilines is 1. The number of aryl methyl sites for hydroxylation is 1. The van der Waals surface area contributed by atoms with E-state index in [-0.39, 0.29) is 5.69 Å². The van der Waals surface area contributed by atoms with Crippen LogP contribution in [0.4, 0.5) is 5.69 Å². The zero-order valence-corrected chi connectivity index (χ0v) is 10.8. The number of hydrogen-bond acceptors (Lipinski definition) is 5. The van der Waals surface area contributed by atoms with Crippen LogP contribution in [0.15, 0.2) is 23.7 Å². The number of hydrogen-bond donors (Lipinski definition) is 2. The van der Waals surface area contributed by atoms with Crippen LogP contribution in [-0.4, -0.2) is 22.4 Å². The highest BCUT2D eigenvalue weighted by Gasteiger charge is 2.03. The molecule has 0 radical (unpaired) electrons. The lowest BCUT2D eigenvalue weighted by atomic mass is 10.3. The largest absolute Gasteiger partial charge is 0.385 e. The quantitative estimate of drug-likeness (QED) is 0.857. The number of pyridine rings is 1. The van der Waals surface area contributed by atoms with Crippen LogP contribution < -0.4 is 11.1 Å². The number of amides is 1. The Morgan fingerprint density at radius 2 is 2.39 bits per heavy atom. The first kappa shape index (κ1) is 12.5. The van der Waals surface area contributed by atoms with Crippen molar-refractivity contribution in [2.75, 3.05) is 11.9 Å². The van der Waals surface area contributed by atoms with E-state index < -0.39 is 5.91 Å². The van der Waals surface area contributed by atoms with Crippen molar-refractivity contribution in [1.29, 1.82) is 0 Å². The fourth-order valence-electron chi connectivity index (χ4n) is 1.51. The first-order chi connectivity index (χ1) is 8.65. The van der Waals surface area contributed by atoms with Crippen molar-refractivity contribution in [3.8, 4) is 0 Å². The Balaban J connectivity index is 1.90. The molecule has 94 valence electrons. The van der Waals surface area contributed by atoms with Crippen molar-refractivity contribution in [2.24, 2.45) is 5.73 Å². The molecule has 0 saturated heterocycles. The summed E-state index contributed by atoms with van der Waals surface area (Å²) in [6.45, 7) is 2.74. The lowest BCUT2D eigenvalue weighted by Crippen LogP contribution is -2.13. The smallest absolute Gasteiger partial charge is 0.267 e. The van der Waals surface area contributed by atoms with Crippen LogP contribution in [0.25, 0.3) is 0 Å². The highest BCUT2D eigenvalue weighted by molar-refractivity contribution is 7.09. The molecule has 0 atom stereocenters. The van der Waals surface area contributed by atoms with Gasteiger partial charge in [-0.25, -0.2) is 4.98 Å². The van der Waals surface area contributed by atoms with Gasteiger partial charge in [-0.05, 0) is 19.1 Å². The van der Waals surface area contributed by atoms with Crippen molar-refractivity contribution in [3.05, 3.63) is 40.1 Å². The second-order valence-electron chi connectivity index (χ2n) is 3.85. The number of carbonyl (C=O) groups is 1. The van der Waals surface area contributed by atoms with E-state index in [9.17, 15) is 4.79 Å². The summed E-state index contributed by atoms with van der Waals surface area (Å²) in [5.74, 6) is -0.519. The Morgan fingerprint density at radius 1 is 1.56 bits per heavy atom. The van der Waals surface area contributed by atoms with Crippen LogP contribution in [0.3, 0.4) is 0 Å². The maximum atomic E-state index is 11.0. The number of nitrogens with two attached hydrogens (primary N) is 1. The molecule has 2 aromatic heterocycles. The summed E-state index contributed by atoms with van der Waals surface area (Å²) in [4.78, 5) is 19.2. The molecular formula is C12H14N4OS. The van der Waals surface area contributed by atoms with Crippen molar-refractivity contribution in [1.82, 2.24) is 9.97 Å². The summed E-state index contributed by atoms with van der Waals surface area (Å²) >= 11 is 1.66. The first-order valence-corrected chi connectivity index (χ1v) is 6.44. The lowest BCUT2D eigenvalue weighted by Gasteiger charge is -2.05. The molecule has 0 unspecified atom stereocenters. The minimum atomic E-state index is -0.519. The molecule has 1 amide bonds. The molecule has 0 spiro atoms. The Labute approximate surface area is 109 Å². The molecule has 0 aliphatic rings. The molecule has 2 aromatic rings. The number of nitrogens with zero attached hydrogens (tertiary/aromatic N) is 2. The zero-order valence-electron chi connectivity index (χ0n) is 10.0. The maximum absolute atomic E-state index is 11.0. The highest BCUT2D eigenvalue weighted by Crippen LogP contribution is 2.11. The number of rotatable bonds is 5. The molecule has 0 fully saturated rings. The summed E-state index contributed by atoms with van der Waals surface area (Å²) in [6.07, 6.45) is 2.42. The molecule has 0 aliphatic carbocycles. The van der Waals surface area contributed by atoms with Crippen LogP contribution in [-0.2, 0) is 6.42 Å². The fourth-order valence-corrected chi connectivity index (χ4v) is 2.28. The Hall–Kier alpha value is -1.95. The van der Waals surface area contributed by atoms with Gasteiger partial charge in [-0.3, -0.25) is 9.78 Å². The Bertz CT molecular complexity index is 553. The van der Waals surface area contributed by atoms with E-state index in [0.717, 1.165) is 29.4 Å². The SMILES string of the molecule is Cc1csc(CCNc2ccnc(C(N)=O)c2)n1. The zero-order chi connectivity index (χ0) is 13.0. The molecule has 0 aliphatic heterocycles. The molecule has 0 bridgehead atoms. The third-order valence-electron chi connectivity index (χ3n) is 2.35. The van der Waals surface area contributed by atoms with Gasteiger partial charge in [0.05, 0.1) is 5.01 Å². The van der Waals surface area contributed by atoms with Gasteiger partial charge in [0.1, 0.15) is 5.69 Å². The van der Waals surface area contributed by atoms with E-state index in [4.69, 9.17) is 5.73 Å². The Kier molecular flexibility index (Phi) is 3.88. The molecule has 0 aromatic carbocycles. The predicted octanol–water partition coefficient (Wildman–Crippen LogP) is 1.60. The van der Waals surface area contributed by atoms with E-state index >= 15 is 0 Å². The second kappa shape index (κ2) is 5.59. The van der Waals surface area contributed by atoms with Crippen LogP contribution >= 0.6 is 11.3 Å². The van der Waals surface area contributed by atoms with E-state index in [1.165, 1.54) is 0 Å². The van der Waals surface area contributed by atoms with E-state index in [1.807, 2.05) is 12.3 Å². The monoisotopic (exact) mass is 262 g/mol. The standard InChI is InChI=1S/C12H14N4OS/c1-8-7-18-11(16-8)3-5-14-9-2-4-15-10(6-9)12(13)17/h2,4,6-7H,3,5H2,1H3,(H2,13,17)(H,14,15). The molecule has 6 heteroatoms. The van der Waals surface area contributed by atoms with Gasteiger partial charge in [-0.15, -0.1) is 11.3 Å². The Morgan fingerprint density at radius 3 is 3.06 bits per heavy atom. The molecule has 18 heavy (non-hydrogen) atoms. The summed E-state index contributed by atoms with van der Waals surface area (Å²) in [5, 5.41) is 6.35. The topological polar surface area (TPSA) is 80.9 Å². The van der Waals surface area contributed by atoms with Gasteiger partial charge in [0.2, 0.25) is 0 Å². The van der Waals surface area contributed by atoms with Gasteiger partial charge < -0.3 is 11.1 Å². The normalized spacial score (nSPS) is 10.3. The lowest BCUT2D eigenvalue weighted by molar-refractivity contribution is 0.0995. The van der Waals surface area contributed by atoms with Crippen molar-refractivity contribution < 1.29 is 4.79 Å². The van der Waals surface area contributed by atoms with Gasteiger partial charge in [-0.2, -0.15) is 0 Å². The summed E-state index contributed by atoms with van der Waals surface area (Å²) in [6, 6.07) is 3.45. The predicted molar refractivity (Wildman–Crippen MR) is 71.8 cm³/mol. The van der Waals surface area contributed by atoms with Crippen LogP contribution in [0, 0.1) is 6.92 Å². The summed E-state index contributed by atoms with van der Waals surface area (Å²) < 4.78 is 0. The van der Waals surface area contributed by atoms with Crippen molar-refractivity contribution in [3.63, 3.8) is 0 Å². The average Bonchev–Trinajstić information content (AvgIpc) is 2.75. The van der Waals surface area contributed by atoms with Crippen molar-refractivity contribution in [2.45, 2.75) is 13.3 Å². The molecular weight excluding hydrogens is 248 g/mol. The number of primary amides is 1. The molecule has 5 nitrogen and oxygen atoms in total. The molecule has 2 rings (SSSR count). The number of thiazole rings is 1. The van der Waals surface area contributed by atoms with Crippen LogP contribution in [0.2, 0.25) is 0 Å². The van der Waals surface area contributed by atoms with Crippen LogP contribution in [0.5, 0.6) is 0 Å². The van der Waals surface area contributed by atoms with E-state index in [1.54, 1.807) is 29.7 Å². The van der Waals surface area contributed by atoms with Gasteiger partial charge in [0.25, 0.3) is 5.91 Å². The minimum absolute atomic E-state index is 0.269. The third-order valence-corrected chi connectivity index (χ3v) is 3.37.